The summed E-state index contributed by atoms with van der Waals surface area (Å²) in [6, 6.07) is 9.42. The third kappa shape index (κ3) is 3.04. The SMILES string of the molecule is CCc1nc(CNC2CCc3ccccc3C2)cs1. The lowest BCUT2D eigenvalue weighted by Gasteiger charge is -2.25. The molecule has 1 heterocycles. The molecule has 3 heteroatoms. The van der Waals surface area contributed by atoms with Crippen LogP contribution in [0.3, 0.4) is 0 Å². The molecule has 1 atom stereocenters. The minimum atomic E-state index is 0.599. The summed E-state index contributed by atoms with van der Waals surface area (Å²) in [6.07, 6.45) is 4.63. The fourth-order valence-electron chi connectivity index (χ4n) is 2.71. The molecule has 2 aromatic rings. The van der Waals surface area contributed by atoms with Gasteiger partial charge in [-0.2, -0.15) is 0 Å². The van der Waals surface area contributed by atoms with Crippen LogP contribution in [0.2, 0.25) is 0 Å². The number of nitrogens with one attached hydrogen (secondary N) is 1. The van der Waals surface area contributed by atoms with Crippen molar-refractivity contribution in [3.63, 3.8) is 0 Å². The maximum Gasteiger partial charge on any atom is 0.0926 e. The first-order chi connectivity index (χ1) is 9.35. The Labute approximate surface area is 118 Å². The molecule has 1 N–H and O–H groups in total. The second-order valence-corrected chi connectivity index (χ2v) is 6.12. The van der Waals surface area contributed by atoms with E-state index in [1.807, 2.05) is 0 Å². The Morgan fingerprint density at radius 3 is 2.95 bits per heavy atom. The van der Waals surface area contributed by atoms with Gasteiger partial charge in [0.05, 0.1) is 10.7 Å². The summed E-state index contributed by atoms with van der Waals surface area (Å²) in [4.78, 5) is 4.61. The Kier molecular flexibility index (Phi) is 3.95. The van der Waals surface area contributed by atoms with E-state index >= 15 is 0 Å². The zero-order valence-electron chi connectivity index (χ0n) is 11.4. The molecule has 19 heavy (non-hydrogen) atoms. The number of aryl methyl sites for hydroxylation is 2. The monoisotopic (exact) mass is 272 g/mol. The summed E-state index contributed by atoms with van der Waals surface area (Å²) in [5.41, 5.74) is 4.24. The largest absolute Gasteiger partial charge is 0.308 e. The van der Waals surface area contributed by atoms with Gasteiger partial charge in [-0.15, -0.1) is 11.3 Å². The fraction of sp³-hybridized carbons (Fsp3) is 0.438. The van der Waals surface area contributed by atoms with Gasteiger partial charge >= 0.3 is 0 Å². The van der Waals surface area contributed by atoms with Gasteiger partial charge in [0.1, 0.15) is 0 Å². The molecule has 0 radical (unpaired) electrons. The number of rotatable bonds is 4. The van der Waals surface area contributed by atoms with E-state index in [-0.39, 0.29) is 0 Å². The first kappa shape index (κ1) is 12.8. The van der Waals surface area contributed by atoms with Crippen LogP contribution in [0.5, 0.6) is 0 Å². The minimum absolute atomic E-state index is 0.599. The Balaban J connectivity index is 1.57. The molecule has 0 saturated heterocycles. The molecule has 1 aromatic heterocycles. The number of hydrogen-bond acceptors (Lipinski definition) is 3. The summed E-state index contributed by atoms with van der Waals surface area (Å²) in [6.45, 7) is 3.07. The number of benzene rings is 1. The molecule has 0 aliphatic heterocycles. The van der Waals surface area contributed by atoms with Crippen molar-refractivity contribution in [2.45, 2.75) is 45.2 Å². The summed E-state index contributed by atoms with van der Waals surface area (Å²) in [7, 11) is 0. The van der Waals surface area contributed by atoms with Gasteiger partial charge in [-0.25, -0.2) is 4.98 Å². The van der Waals surface area contributed by atoms with Gasteiger partial charge in [0.2, 0.25) is 0 Å². The summed E-state index contributed by atoms with van der Waals surface area (Å²) in [5, 5.41) is 7.08. The van der Waals surface area contributed by atoms with E-state index in [9.17, 15) is 0 Å². The molecular weight excluding hydrogens is 252 g/mol. The quantitative estimate of drug-likeness (QED) is 0.923. The van der Waals surface area contributed by atoms with Crippen molar-refractivity contribution >= 4 is 11.3 Å². The van der Waals surface area contributed by atoms with E-state index in [4.69, 9.17) is 0 Å². The van der Waals surface area contributed by atoms with Crippen LogP contribution < -0.4 is 5.32 Å². The van der Waals surface area contributed by atoms with Crippen LogP contribution in [0, 0.1) is 0 Å². The average Bonchev–Trinajstić information content (AvgIpc) is 2.93. The Bertz CT molecular complexity index is 547. The van der Waals surface area contributed by atoms with Gasteiger partial charge in [-0.1, -0.05) is 31.2 Å². The Morgan fingerprint density at radius 2 is 2.16 bits per heavy atom. The molecule has 100 valence electrons. The fourth-order valence-corrected chi connectivity index (χ4v) is 3.46. The molecule has 0 fully saturated rings. The smallest absolute Gasteiger partial charge is 0.0926 e. The van der Waals surface area contributed by atoms with Crippen molar-refractivity contribution in [1.82, 2.24) is 10.3 Å². The average molecular weight is 272 g/mol. The van der Waals surface area contributed by atoms with Gasteiger partial charge < -0.3 is 5.32 Å². The molecule has 3 rings (SSSR count). The van der Waals surface area contributed by atoms with Crippen LogP contribution in [0.1, 0.15) is 35.2 Å². The molecule has 0 spiro atoms. The molecular formula is C16H20N2S. The van der Waals surface area contributed by atoms with E-state index in [1.165, 1.54) is 34.7 Å². The predicted octanol–water partition coefficient (Wildman–Crippen LogP) is 3.35. The highest BCUT2D eigenvalue weighted by Gasteiger charge is 2.17. The molecule has 1 unspecified atom stereocenters. The molecule has 0 bridgehead atoms. The second kappa shape index (κ2) is 5.85. The van der Waals surface area contributed by atoms with Gasteiger partial charge in [-0.3, -0.25) is 0 Å². The van der Waals surface area contributed by atoms with Crippen LogP contribution in [0.4, 0.5) is 0 Å². The molecule has 2 nitrogen and oxygen atoms in total. The third-order valence-electron chi connectivity index (χ3n) is 3.82. The van der Waals surface area contributed by atoms with Crippen molar-refractivity contribution < 1.29 is 0 Å². The van der Waals surface area contributed by atoms with Gasteiger partial charge in [-0.05, 0) is 36.8 Å². The number of nitrogens with zero attached hydrogens (tertiary/aromatic N) is 1. The van der Waals surface area contributed by atoms with E-state index in [2.05, 4.69) is 46.9 Å². The predicted molar refractivity (Wildman–Crippen MR) is 80.6 cm³/mol. The normalized spacial score (nSPS) is 18.3. The first-order valence-electron chi connectivity index (χ1n) is 7.08. The topological polar surface area (TPSA) is 24.9 Å². The van der Waals surface area contributed by atoms with Crippen molar-refractivity contribution in [3.8, 4) is 0 Å². The van der Waals surface area contributed by atoms with E-state index in [1.54, 1.807) is 11.3 Å². The van der Waals surface area contributed by atoms with E-state index in [0.717, 1.165) is 19.4 Å². The molecule has 1 aromatic carbocycles. The van der Waals surface area contributed by atoms with Crippen molar-refractivity contribution in [2.75, 3.05) is 0 Å². The first-order valence-corrected chi connectivity index (χ1v) is 7.96. The zero-order chi connectivity index (χ0) is 13.1. The lowest BCUT2D eigenvalue weighted by atomic mass is 9.88. The van der Waals surface area contributed by atoms with Gasteiger partial charge in [0.15, 0.2) is 0 Å². The van der Waals surface area contributed by atoms with Crippen LogP contribution in [0.15, 0.2) is 29.6 Å². The molecule has 0 amide bonds. The van der Waals surface area contributed by atoms with Gasteiger partial charge in [0.25, 0.3) is 0 Å². The maximum absolute atomic E-state index is 4.61. The lowest BCUT2D eigenvalue weighted by molar-refractivity contribution is 0.455. The highest BCUT2D eigenvalue weighted by molar-refractivity contribution is 7.09. The molecule has 1 aliphatic rings. The van der Waals surface area contributed by atoms with Crippen molar-refractivity contribution in [2.24, 2.45) is 0 Å². The zero-order valence-corrected chi connectivity index (χ0v) is 12.2. The van der Waals surface area contributed by atoms with E-state index < -0.39 is 0 Å². The summed E-state index contributed by atoms with van der Waals surface area (Å²) >= 11 is 1.77. The number of thiazole rings is 1. The Morgan fingerprint density at radius 1 is 1.32 bits per heavy atom. The van der Waals surface area contributed by atoms with Gasteiger partial charge in [0, 0.05) is 18.0 Å². The summed E-state index contributed by atoms with van der Waals surface area (Å²) in [5.74, 6) is 0. The number of aromatic nitrogens is 1. The van der Waals surface area contributed by atoms with Crippen molar-refractivity contribution in [1.29, 1.82) is 0 Å². The summed E-state index contributed by atoms with van der Waals surface area (Å²) < 4.78 is 0. The van der Waals surface area contributed by atoms with Crippen LogP contribution in [0.25, 0.3) is 0 Å². The van der Waals surface area contributed by atoms with E-state index in [0.29, 0.717) is 6.04 Å². The Hall–Kier alpha value is -1.19. The molecule has 1 aliphatic carbocycles. The number of hydrogen-bond donors (Lipinski definition) is 1. The maximum atomic E-state index is 4.61. The second-order valence-electron chi connectivity index (χ2n) is 5.18. The third-order valence-corrected chi connectivity index (χ3v) is 4.86. The minimum Gasteiger partial charge on any atom is -0.308 e. The number of fused-ring (bicyclic) bond motifs is 1. The highest BCUT2D eigenvalue weighted by atomic mass is 32.1. The van der Waals surface area contributed by atoms with Crippen molar-refractivity contribution in [3.05, 3.63) is 51.5 Å². The van der Waals surface area contributed by atoms with Crippen LogP contribution in [-0.2, 0) is 25.8 Å². The highest BCUT2D eigenvalue weighted by Crippen LogP contribution is 2.21. The lowest BCUT2D eigenvalue weighted by Crippen LogP contribution is -2.34. The van der Waals surface area contributed by atoms with Crippen LogP contribution >= 0.6 is 11.3 Å². The van der Waals surface area contributed by atoms with Crippen LogP contribution in [-0.4, -0.2) is 11.0 Å². The molecule has 0 saturated carbocycles. The standard InChI is InChI=1S/C16H20N2S/c1-2-16-18-15(11-19-16)10-17-14-8-7-12-5-3-4-6-13(12)9-14/h3-6,11,14,17H,2,7-10H2,1H3.